The Balaban J connectivity index is 1.91. The quantitative estimate of drug-likeness (QED) is 0.768. The second kappa shape index (κ2) is 8.70. The molecule has 2 N–H and O–H groups in total. The zero-order chi connectivity index (χ0) is 16.5. The molecule has 5 heteroatoms. The minimum Gasteiger partial charge on any atom is -0.445 e. The Morgan fingerprint density at radius 1 is 1.04 bits per heavy atom. The van der Waals surface area contributed by atoms with Crippen LogP contribution in [0.3, 0.4) is 0 Å². The number of aliphatic hydroxyl groups is 1. The van der Waals surface area contributed by atoms with Crippen LogP contribution in [0.15, 0.2) is 60.7 Å². The molecule has 0 spiro atoms. The molecule has 0 radical (unpaired) electrons. The van der Waals surface area contributed by atoms with Gasteiger partial charge in [-0.25, -0.2) is 4.79 Å². The molecule has 0 heterocycles. The van der Waals surface area contributed by atoms with Crippen molar-refractivity contribution >= 4 is 12.4 Å². The van der Waals surface area contributed by atoms with Gasteiger partial charge in [0.15, 0.2) is 6.29 Å². The third-order valence-electron chi connectivity index (χ3n) is 3.37. The first-order chi connectivity index (χ1) is 11.2. The SMILES string of the molecule is O=C[C@@H](O)[C@@H](Cc1ccccc1)NC(=O)OCc1ccccc1. The molecule has 0 bridgehead atoms. The molecule has 120 valence electrons. The van der Waals surface area contributed by atoms with Gasteiger partial charge in [-0.2, -0.15) is 0 Å². The second-order valence-corrected chi connectivity index (χ2v) is 5.13. The summed E-state index contributed by atoms with van der Waals surface area (Å²) in [5.41, 5.74) is 1.76. The van der Waals surface area contributed by atoms with Crippen molar-refractivity contribution in [3.8, 4) is 0 Å². The smallest absolute Gasteiger partial charge is 0.407 e. The molecule has 0 saturated heterocycles. The van der Waals surface area contributed by atoms with Crippen LogP contribution < -0.4 is 5.32 Å². The van der Waals surface area contributed by atoms with Gasteiger partial charge in [0.25, 0.3) is 0 Å². The van der Waals surface area contributed by atoms with Crippen molar-refractivity contribution in [1.29, 1.82) is 0 Å². The third-order valence-corrected chi connectivity index (χ3v) is 3.37. The van der Waals surface area contributed by atoms with Gasteiger partial charge >= 0.3 is 6.09 Å². The maximum atomic E-state index is 11.9. The summed E-state index contributed by atoms with van der Waals surface area (Å²) in [4.78, 5) is 22.7. The Labute approximate surface area is 134 Å². The molecule has 0 aliphatic heterocycles. The van der Waals surface area contributed by atoms with Crippen LogP contribution in [0.25, 0.3) is 0 Å². The summed E-state index contributed by atoms with van der Waals surface area (Å²) >= 11 is 0. The molecule has 2 rings (SSSR count). The van der Waals surface area contributed by atoms with Crippen LogP contribution >= 0.6 is 0 Å². The predicted molar refractivity (Wildman–Crippen MR) is 85.8 cm³/mol. The van der Waals surface area contributed by atoms with E-state index in [0.29, 0.717) is 12.7 Å². The number of carbonyl (C=O) groups excluding carboxylic acids is 2. The van der Waals surface area contributed by atoms with Gasteiger partial charge in [0.1, 0.15) is 12.7 Å². The zero-order valence-electron chi connectivity index (χ0n) is 12.6. The summed E-state index contributed by atoms with van der Waals surface area (Å²) in [6.07, 6.45) is -1.22. The molecule has 1 amide bonds. The number of aliphatic hydroxyl groups excluding tert-OH is 1. The Bertz CT molecular complexity index is 615. The number of carbonyl (C=O) groups is 2. The Morgan fingerprint density at radius 2 is 1.61 bits per heavy atom. The van der Waals surface area contributed by atoms with Crippen molar-refractivity contribution in [2.45, 2.75) is 25.2 Å². The Kier molecular flexibility index (Phi) is 6.32. The topological polar surface area (TPSA) is 75.6 Å². The molecule has 2 aromatic rings. The fourth-order valence-corrected chi connectivity index (χ4v) is 2.14. The van der Waals surface area contributed by atoms with Gasteiger partial charge in [0.05, 0.1) is 6.04 Å². The van der Waals surface area contributed by atoms with Crippen molar-refractivity contribution < 1.29 is 19.4 Å². The molecule has 0 unspecified atom stereocenters. The van der Waals surface area contributed by atoms with Gasteiger partial charge in [-0.05, 0) is 17.5 Å². The number of amides is 1. The van der Waals surface area contributed by atoms with Gasteiger partial charge in [-0.15, -0.1) is 0 Å². The molecule has 5 nitrogen and oxygen atoms in total. The number of ether oxygens (including phenoxy) is 1. The molecule has 0 aliphatic carbocycles. The zero-order valence-corrected chi connectivity index (χ0v) is 12.6. The molecule has 0 fully saturated rings. The van der Waals surface area contributed by atoms with Crippen LogP contribution in [0.5, 0.6) is 0 Å². The van der Waals surface area contributed by atoms with Gasteiger partial charge < -0.3 is 20.0 Å². The number of hydrogen-bond donors (Lipinski definition) is 2. The number of hydrogen-bond acceptors (Lipinski definition) is 4. The van der Waals surface area contributed by atoms with Crippen molar-refractivity contribution in [1.82, 2.24) is 5.32 Å². The maximum absolute atomic E-state index is 11.9. The first-order valence-electron chi connectivity index (χ1n) is 7.33. The summed E-state index contributed by atoms with van der Waals surface area (Å²) < 4.78 is 5.11. The van der Waals surface area contributed by atoms with Crippen molar-refractivity contribution in [3.63, 3.8) is 0 Å². The van der Waals surface area contributed by atoms with E-state index in [4.69, 9.17) is 4.74 Å². The highest BCUT2D eigenvalue weighted by Gasteiger charge is 2.21. The van der Waals surface area contributed by atoms with Gasteiger partial charge in [-0.3, -0.25) is 0 Å². The van der Waals surface area contributed by atoms with Gasteiger partial charge in [-0.1, -0.05) is 60.7 Å². The lowest BCUT2D eigenvalue weighted by molar-refractivity contribution is -0.116. The van der Waals surface area contributed by atoms with Crippen molar-refractivity contribution in [3.05, 3.63) is 71.8 Å². The molecule has 0 saturated carbocycles. The highest BCUT2D eigenvalue weighted by atomic mass is 16.5. The number of nitrogens with one attached hydrogen (secondary N) is 1. The van der Waals surface area contributed by atoms with Gasteiger partial charge in [0.2, 0.25) is 0 Å². The van der Waals surface area contributed by atoms with Crippen LogP contribution in [0.1, 0.15) is 11.1 Å². The first kappa shape index (κ1) is 16.7. The van der Waals surface area contributed by atoms with E-state index in [2.05, 4.69) is 5.32 Å². The average Bonchev–Trinajstić information content (AvgIpc) is 2.60. The molecule has 0 aliphatic rings. The van der Waals surface area contributed by atoms with E-state index in [1.807, 2.05) is 60.7 Å². The van der Waals surface area contributed by atoms with E-state index in [1.54, 1.807) is 0 Å². The minimum absolute atomic E-state index is 0.127. The van der Waals surface area contributed by atoms with E-state index < -0.39 is 18.2 Å². The fraction of sp³-hybridized carbons (Fsp3) is 0.222. The standard InChI is InChI=1S/C18H19NO4/c20-12-17(21)16(11-14-7-3-1-4-8-14)19-18(22)23-13-15-9-5-2-6-10-15/h1-10,12,16-17,21H,11,13H2,(H,19,22)/t16-,17-/m1/s1. The normalized spacial score (nSPS) is 12.9. The lowest BCUT2D eigenvalue weighted by Gasteiger charge is -2.20. The largest absolute Gasteiger partial charge is 0.445 e. The molecular weight excluding hydrogens is 294 g/mol. The highest BCUT2D eigenvalue weighted by Crippen LogP contribution is 2.07. The molecule has 0 aromatic heterocycles. The van der Waals surface area contributed by atoms with Crippen LogP contribution in [0, 0.1) is 0 Å². The van der Waals surface area contributed by atoms with Crippen molar-refractivity contribution in [2.24, 2.45) is 0 Å². The van der Waals surface area contributed by atoms with E-state index in [1.165, 1.54) is 0 Å². The lowest BCUT2D eigenvalue weighted by atomic mass is 10.0. The first-order valence-corrected chi connectivity index (χ1v) is 7.33. The van der Waals surface area contributed by atoms with E-state index in [9.17, 15) is 14.7 Å². The fourth-order valence-electron chi connectivity index (χ4n) is 2.14. The van der Waals surface area contributed by atoms with Crippen LogP contribution in [-0.2, 0) is 22.6 Å². The molecule has 23 heavy (non-hydrogen) atoms. The number of benzene rings is 2. The monoisotopic (exact) mass is 313 g/mol. The predicted octanol–water partition coefficient (Wildman–Crippen LogP) is 2.08. The maximum Gasteiger partial charge on any atom is 0.407 e. The number of alkyl carbamates (subject to hydrolysis) is 1. The molecular formula is C18H19NO4. The van der Waals surface area contributed by atoms with Crippen LogP contribution in [0.4, 0.5) is 4.79 Å². The van der Waals surface area contributed by atoms with E-state index >= 15 is 0 Å². The van der Waals surface area contributed by atoms with Gasteiger partial charge in [0, 0.05) is 0 Å². The van der Waals surface area contributed by atoms with Crippen LogP contribution in [0.2, 0.25) is 0 Å². The summed E-state index contributed by atoms with van der Waals surface area (Å²) in [5, 5.41) is 12.3. The summed E-state index contributed by atoms with van der Waals surface area (Å²) in [7, 11) is 0. The Morgan fingerprint density at radius 3 is 2.17 bits per heavy atom. The summed E-state index contributed by atoms with van der Waals surface area (Å²) in [6, 6.07) is 17.8. The van der Waals surface area contributed by atoms with E-state index in [0.717, 1.165) is 11.1 Å². The van der Waals surface area contributed by atoms with Crippen LogP contribution in [-0.4, -0.2) is 29.6 Å². The lowest BCUT2D eigenvalue weighted by Crippen LogP contribution is -2.45. The molecule has 2 aromatic carbocycles. The molecule has 2 atom stereocenters. The summed E-state index contributed by atoms with van der Waals surface area (Å²) in [5.74, 6) is 0. The summed E-state index contributed by atoms with van der Waals surface area (Å²) in [6.45, 7) is 0.127. The van der Waals surface area contributed by atoms with E-state index in [-0.39, 0.29) is 6.61 Å². The number of aldehydes is 1. The Hall–Kier alpha value is -2.66. The average molecular weight is 313 g/mol. The third kappa shape index (κ3) is 5.56. The highest BCUT2D eigenvalue weighted by molar-refractivity contribution is 5.69. The van der Waals surface area contributed by atoms with Crippen molar-refractivity contribution in [2.75, 3.05) is 0 Å². The minimum atomic E-state index is -1.29. The second-order valence-electron chi connectivity index (χ2n) is 5.13. The number of rotatable bonds is 7.